The van der Waals surface area contributed by atoms with Crippen molar-refractivity contribution in [3.63, 3.8) is 0 Å². The van der Waals surface area contributed by atoms with Gasteiger partial charge in [0.1, 0.15) is 5.75 Å². The number of methoxy groups -OCH3 is 1. The van der Waals surface area contributed by atoms with Gasteiger partial charge in [0.25, 0.3) is 0 Å². The summed E-state index contributed by atoms with van der Waals surface area (Å²) in [5.41, 5.74) is 3.00. The van der Waals surface area contributed by atoms with Crippen LogP contribution in [0.2, 0.25) is 5.02 Å². The van der Waals surface area contributed by atoms with Crippen molar-refractivity contribution in [2.45, 2.75) is 6.92 Å². The number of carbonyl (C=O) groups excluding carboxylic acids is 2. The van der Waals surface area contributed by atoms with E-state index in [1.54, 1.807) is 47.3 Å². The molecule has 3 aromatic rings. The third-order valence-electron chi connectivity index (χ3n) is 4.05. The van der Waals surface area contributed by atoms with Crippen molar-refractivity contribution in [1.82, 2.24) is 9.78 Å². The van der Waals surface area contributed by atoms with Crippen LogP contribution >= 0.6 is 11.6 Å². The lowest BCUT2D eigenvalue weighted by Gasteiger charge is -2.14. The van der Waals surface area contributed by atoms with Crippen molar-refractivity contribution in [1.29, 1.82) is 0 Å². The second-order valence-corrected chi connectivity index (χ2v) is 6.51. The summed E-state index contributed by atoms with van der Waals surface area (Å²) in [6.45, 7) is 1.87. The molecule has 144 valence electrons. The van der Waals surface area contributed by atoms with E-state index < -0.39 is 12.1 Å². The number of nitrogens with one attached hydrogen (secondary N) is 1. The Morgan fingerprint density at radius 1 is 1.18 bits per heavy atom. The minimum atomic E-state index is -0.735. The zero-order valence-corrected chi connectivity index (χ0v) is 16.3. The number of aryl methyl sites for hydroxylation is 2. The lowest BCUT2D eigenvalue weighted by Crippen LogP contribution is -2.19. The Kier molecular flexibility index (Phi) is 5.65. The molecule has 0 spiro atoms. The van der Waals surface area contributed by atoms with Gasteiger partial charge in [-0.15, -0.1) is 0 Å². The Labute approximate surface area is 166 Å². The normalized spacial score (nSPS) is 10.4. The second-order valence-electron chi connectivity index (χ2n) is 6.08. The first-order valence-corrected chi connectivity index (χ1v) is 8.71. The third-order valence-corrected chi connectivity index (χ3v) is 4.30. The molecule has 0 saturated heterocycles. The number of amides is 1. The lowest BCUT2D eigenvalue weighted by molar-refractivity contribution is 0.0602. The van der Waals surface area contributed by atoms with Crippen LogP contribution in [0.25, 0.3) is 11.1 Å². The third kappa shape index (κ3) is 4.32. The van der Waals surface area contributed by atoms with Crippen molar-refractivity contribution >= 4 is 29.4 Å². The topological polar surface area (TPSA) is 82.5 Å². The molecule has 1 amide bonds. The van der Waals surface area contributed by atoms with Crippen molar-refractivity contribution in [2.24, 2.45) is 7.05 Å². The van der Waals surface area contributed by atoms with Gasteiger partial charge in [-0.05, 0) is 54.4 Å². The highest BCUT2D eigenvalue weighted by Crippen LogP contribution is 2.30. The first-order valence-electron chi connectivity index (χ1n) is 8.33. The van der Waals surface area contributed by atoms with Gasteiger partial charge in [0.15, 0.2) is 0 Å². The molecule has 0 aliphatic carbocycles. The highest BCUT2D eigenvalue weighted by atomic mass is 35.5. The van der Waals surface area contributed by atoms with Crippen LogP contribution in [0, 0.1) is 6.92 Å². The number of benzene rings is 2. The monoisotopic (exact) mass is 399 g/mol. The Bertz CT molecular complexity index is 1030. The predicted octanol–water partition coefficient (Wildman–Crippen LogP) is 4.45. The molecule has 0 atom stereocenters. The smallest absolute Gasteiger partial charge is 0.417 e. The van der Waals surface area contributed by atoms with Gasteiger partial charge in [0, 0.05) is 23.8 Å². The van der Waals surface area contributed by atoms with Crippen LogP contribution in [0.5, 0.6) is 5.75 Å². The molecule has 1 heterocycles. The molecule has 0 unspecified atom stereocenters. The number of nitrogens with zero attached hydrogens (tertiary/aromatic N) is 2. The Balaban J connectivity index is 1.90. The number of anilines is 1. The van der Waals surface area contributed by atoms with Gasteiger partial charge in [-0.25, -0.2) is 9.59 Å². The molecule has 3 rings (SSSR count). The average molecular weight is 400 g/mol. The van der Waals surface area contributed by atoms with Gasteiger partial charge < -0.3 is 9.47 Å². The van der Waals surface area contributed by atoms with Crippen molar-refractivity contribution < 1.29 is 19.1 Å². The summed E-state index contributed by atoms with van der Waals surface area (Å²) in [5, 5.41) is 7.28. The number of halogens is 1. The highest BCUT2D eigenvalue weighted by molar-refractivity contribution is 6.30. The molecular weight excluding hydrogens is 382 g/mol. The quantitative estimate of drug-likeness (QED) is 0.655. The van der Waals surface area contributed by atoms with Crippen LogP contribution in [0.1, 0.15) is 15.9 Å². The number of aromatic nitrogens is 2. The van der Waals surface area contributed by atoms with Crippen molar-refractivity contribution in [3.05, 3.63) is 64.9 Å². The summed E-state index contributed by atoms with van der Waals surface area (Å²) < 4.78 is 11.8. The van der Waals surface area contributed by atoms with E-state index in [0.717, 1.165) is 16.7 Å². The van der Waals surface area contributed by atoms with E-state index in [4.69, 9.17) is 21.1 Å². The molecule has 0 radical (unpaired) electrons. The van der Waals surface area contributed by atoms with Crippen LogP contribution in [-0.4, -0.2) is 29.0 Å². The molecule has 0 saturated carbocycles. The molecule has 28 heavy (non-hydrogen) atoms. The van der Waals surface area contributed by atoms with Gasteiger partial charge in [0.05, 0.1) is 24.6 Å². The fourth-order valence-corrected chi connectivity index (χ4v) is 2.83. The van der Waals surface area contributed by atoms with E-state index in [-0.39, 0.29) is 11.3 Å². The maximum atomic E-state index is 12.3. The molecule has 2 aromatic carbocycles. The SMILES string of the molecule is COC(=O)c1cc(-c2cnn(C)c2)c(C)cc1NC(=O)Oc1ccc(Cl)cc1. The summed E-state index contributed by atoms with van der Waals surface area (Å²) in [6.07, 6.45) is 2.80. The van der Waals surface area contributed by atoms with E-state index in [0.29, 0.717) is 10.8 Å². The molecular formula is C20H18ClN3O4. The Hall–Kier alpha value is -3.32. The molecule has 8 heteroatoms. The number of rotatable bonds is 4. The standard InChI is InChI=1S/C20H18ClN3O4/c1-12-8-18(23-20(26)28-15-6-4-14(21)5-7-15)17(19(25)27-3)9-16(12)13-10-22-24(2)11-13/h4-11H,1-3H3,(H,23,26). The van der Waals surface area contributed by atoms with E-state index >= 15 is 0 Å². The molecule has 7 nitrogen and oxygen atoms in total. The van der Waals surface area contributed by atoms with Crippen LogP contribution < -0.4 is 10.1 Å². The molecule has 1 N–H and O–H groups in total. The van der Waals surface area contributed by atoms with Crippen molar-refractivity contribution in [2.75, 3.05) is 12.4 Å². The summed E-state index contributed by atoms with van der Waals surface area (Å²) in [4.78, 5) is 24.5. The zero-order chi connectivity index (χ0) is 20.3. The maximum absolute atomic E-state index is 12.3. The van der Waals surface area contributed by atoms with Crippen LogP contribution in [0.15, 0.2) is 48.8 Å². The molecule has 0 fully saturated rings. The lowest BCUT2D eigenvalue weighted by atomic mass is 9.99. The van der Waals surface area contributed by atoms with E-state index in [9.17, 15) is 9.59 Å². The highest BCUT2D eigenvalue weighted by Gasteiger charge is 2.19. The summed E-state index contributed by atoms with van der Waals surface area (Å²) >= 11 is 5.82. The fraction of sp³-hybridized carbons (Fsp3) is 0.150. The maximum Gasteiger partial charge on any atom is 0.417 e. The van der Waals surface area contributed by atoms with Crippen LogP contribution in [0.4, 0.5) is 10.5 Å². The van der Waals surface area contributed by atoms with Crippen molar-refractivity contribution in [3.8, 4) is 16.9 Å². The summed E-state index contributed by atoms with van der Waals surface area (Å²) in [6, 6.07) is 9.71. The van der Waals surface area contributed by atoms with Gasteiger partial charge >= 0.3 is 12.1 Å². The number of esters is 1. The molecule has 0 bridgehead atoms. The zero-order valence-electron chi connectivity index (χ0n) is 15.5. The van der Waals surface area contributed by atoms with Crippen LogP contribution in [0.3, 0.4) is 0 Å². The molecule has 0 aliphatic heterocycles. The van der Waals surface area contributed by atoms with Gasteiger partial charge in [-0.1, -0.05) is 11.6 Å². The van der Waals surface area contributed by atoms with Gasteiger partial charge in [-0.2, -0.15) is 5.10 Å². The second kappa shape index (κ2) is 8.14. The van der Waals surface area contributed by atoms with Crippen LogP contribution in [-0.2, 0) is 11.8 Å². The Morgan fingerprint density at radius 3 is 2.50 bits per heavy atom. The number of carbonyl (C=O) groups is 2. The predicted molar refractivity (Wildman–Crippen MR) is 106 cm³/mol. The fourth-order valence-electron chi connectivity index (χ4n) is 2.71. The minimum absolute atomic E-state index is 0.208. The summed E-state index contributed by atoms with van der Waals surface area (Å²) in [7, 11) is 3.09. The minimum Gasteiger partial charge on any atom is -0.465 e. The number of hydrogen-bond acceptors (Lipinski definition) is 5. The largest absolute Gasteiger partial charge is 0.465 e. The first kappa shape index (κ1) is 19.4. The summed E-state index contributed by atoms with van der Waals surface area (Å²) in [5.74, 6) is -0.253. The van der Waals surface area contributed by atoms with Gasteiger partial charge in [0.2, 0.25) is 0 Å². The molecule has 0 aliphatic rings. The molecule has 1 aromatic heterocycles. The number of hydrogen-bond donors (Lipinski definition) is 1. The first-order chi connectivity index (χ1) is 13.4. The van der Waals surface area contributed by atoms with E-state index in [2.05, 4.69) is 10.4 Å². The van der Waals surface area contributed by atoms with E-state index in [1.165, 1.54) is 7.11 Å². The average Bonchev–Trinajstić information content (AvgIpc) is 3.09. The van der Waals surface area contributed by atoms with Gasteiger partial charge in [-0.3, -0.25) is 10.00 Å². The number of ether oxygens (including phenoxy) is 2. The van der Waals surface area contributed by atoms with E-state index in [1.807, 2.05) is 20.2 Å². The Morgan fingerprint density at radius 2 is 1.89 bits per heavy atom.